The Hall–Kier alpha value is -2.36. The molecule has 6 nitrogen and oxygen atoms in total. The molecule has 0 amide bonds. The first-order valence-electron chi connectivity index (χ1n) is 9.74. The molecule has 0 spiro atoms. The zero-order chi connectivity index (χ0) is 21.1. The van der Waals surface area contributed by atoms with Crippen molar-refractivity contribution < 1.29 is 12.8 Å². The number of hydrogen-bond acceptors (Lipinski definition) is 7. The molecule has 1 aromatic carbocycles. The van der Waals surface area contributed by atoms with Gasteiger partial charge in [-0.1, -0.05) is 23.5 Å². The van der Waals surface area contributed by atoms with Crippen LogP contribution in [-0.4, -0.2) is 37.7 Å². The number of anilines is 2. The molecule has 0 bridgehead atoms. The fourth-order valence-corrected chi connectivity index (χ4v) is 6.34. The quantitative estimate of drug-likeness (QED) is 0.591. The second-order valence-corrected chi connectivity index (χ2v) is 10.7. The number of thiazole rings is 1. The Labute approximate surface area is 179 Å². The van der Waals surface area contributed by atoms with E-state index in [0.29, 0.717) is 10.9 Å². The van der Waals surface area contributed by atoms with Crippen molar-refractivity contribution in [2.24, 2.45) is 5.92 Å². The number of benzene rings is 1. The van der Waals surface area contributed by atoms with Crippen LogP contribution in [0.1, 0.15) is 23.7 Å². The zero-order valence-electron chi connectivity index (χ0n) is 16.5. The van der Waals surface area contributed by atoms with Crippen molar-refractivity contribution in [1.29, 1.82) is 0 Å². The maximum Gasteiger partial charge on any atom is 0.188 e. The topological polar surface area (TPSA) is 84.0 Å². The number of rotatable bonds is 6. The number of hydrogen-bond donors (Lipinski definition) is 2. The summed E-state index contributed by atoms with van der Waals surface area (Å²) in [5, 5.41) is 6.55. The molecule has 30 heavy (non-hydrogen) atoms. The van der Waals surface area contributed by atoms with Crippen molar-refractivity contribution in [2.45, 2.75) is 18.1 Å². The summed E-state index contributed by atoms with van der Waals surface area (Å²) in [6, 6.07) is 9.83. The van der Waals surface area contributed by atoms with Gasteiger partial charge in [0.05, 0.1) is 10.1 Å². The Morgan fingerprint density at radius 1 is 1.17 bits per heavy atom. The summed E-state index contributed by atoms with van der Waals surface area (Å²) in [6.45, 7) is 1.66. The number of aromatic nitrogens is 2. The maximum absolute atomic E-state index is 13.1. The summed E-state index contributed by atoms with van der Waals surface area (Å²) in [5.74, 6) is 0.355. The molecular weight excluding hydrogens is 423 g/mol. The van der Waals surface area contributed by atoms with E-state index in [1.165, 1.54) is 29.7 Å². The average Bonchev–Trinajstić information content (AvgIpc) is 3.17. The van der Waals surface area contributed by atoms with E-state index < -0.39 is 15.1 Å². The molecule has 0 radical (unpaired) electrons. The number of nitrogens with one attached hydrogen (secondary N) is 2. The molecule has 9 heteroatoms. The van der Waals surface area contributed by atoms with E-state index in [1.807, 2.05) is 0 Å². The van der Waals surface area contributed by atoms with E-state index in [4.69, 9.17) is 0 Å². The van der Waals surface area contributed by atoms with Gasteiger partial charge in [0.2, 0.25) is 0 Å². The summed E-state index contributed by atoms with van der Waals surface area (Å²) in [5.41, 5.74) is 1.63. The molecule has 1 fully saturated rings. The first-order valence-corrected chi connectivity index (χ1v) is 12.5. The number of halogens is 1. The minimum Gasteiger partial charge on any atom is -0.317 e. The van der Waals surface area contributed by atoms with Gasteiger partial charge in [-0.05, 0) is 67.2 Å². The van der Waals surface area contributed by atoms with E-state index in [0.717, 1.165) is 41.9 Å². The third-order valence-corrected chi connectivity index (χ3v) is 7.80. The molecule has 2 N–H and O–H groups in total. The summed E-state index contributed by atoms with van der Waals surface area (Å²) >= 11 is 1.42. The van der Waals surface area contributed by atoms with E-state index >= 15 is 0 Å². The van der Waals surface area contributed by atoms with Crippen LogP contribution in [0, 0.1) is 11.7 Å². The molecule has 3 aromatic rings. The van der Waals surface area contributed by atoms with Crippen LogP contribution in [0.4, 0.5) is 15.3 Å². The van der Waals surface area contributed by atoms with Gasteiger partial charge in [-0.15, -0.1) is 0 Å². The Bertz CT molecular complexity index is 1110. The lowest BCUT2D eigenvalue weighted by molar-refractivity contribution is 0.358. The van der Waals surface area contributed by atoms with Crippen molar-refractivity contribution in [3.8, 4) is 10.4 Å². The molecule has 1 atom stereocenters. The van der Waals surface area contributed by atoms with E-state index in [9.17, 15) is 12.8 Å². The van der Waals surface area contributed by atoms with Crippen LogP contribution in [0.5, 0.6) is 0 Å². The molecule has 0 saturated carbocycles. The van der Waals surface area contributed by atoms with Crippen LogP contribution >= 0.6 is 11.3 Å². The van der Waals surface area contributed by atoms with Crippen molar-refractivity contribution in [3.63, 3.8) is 0 Å². The van der Waals surface area contributed by atoms with Crippen LogP contribution in [0.3, 0.4) is 0 Å². The van der Waals surface area contributed by atoms with E-state index in [1.54, 1.807) is 36.7 Å². The summed E-state index contributed by atoms with van der Waals surface area (Å²) in [6.07, 6.45) is 6.32. The number of piperidine rings is 1. The molecule has 2 aromatic heterocycles. The predicted octanol–water partition coefficient (Wildman–Crippen LogP) is 4.17. The molecule has 1 aliphatic rings. The summed E-state index contributed by atoms with van der Waals surface area (Å²) < 4.78 is 38.3. The molecule has 1 aliphatic heterocycles. The SMILES string of the molecule is CS(=O)(=O)C(c1ccnc(Nc2ncc(-c3ccc(F)cc3)s2)c1)C1CCNCC1. The second-order valence-electron chi connectivity index (χ2n) is 7.47. The Kier molecular flexibility index (Phi) is 6.12. The maximum atomic E-state index is 13.1. The average molecular weight is 447 g/mol. The number of sulfone groups is 1. The van der Waals surface area contributed by atoms with Gasteiger partial charge in [-0.2, -0.15) is 0 Å². The first kappa shape index (κ1) is 20.9. The Morgan fingerprint density at radius 3 is 2.60 bits per heavy atom. The summed E-state index contributed by atoms with van der Waals surface area (Å²) in [7, 11) is -3.27. The van der Waals surface area contributed by atoms with Gasteiger partial charge in [0, 0.05) is 18.6 Å². The fourth-order valence-electron chi connectivity index (χ4n) is 3.90. The normalized spacial score (nSPS) is 16.3. The van der Waals surface area contributed by atoms with E-state index in [2.05, 4.69) is 20.6 Å². The fraction of sp³-hybridized carbons (Fsp3) is 0.333. The second kappa shape index (κ2) is 8.79. The molecule has 0 aliphatic carbocycles. The predicted molar refractivity (Wildman–Crippen MR) is 118 cm³/mol. The molecular formula is C21H23FN4O2S2. The van der Waals surface area contributed by atoms with Crippen LogP contribution in [-0.2, 0) is 9.84 Å². The number of pyridine rings is 1. The van der Waals surface area contributed by atoms with E-state index in [-0.39, 0.29) is 11.7 Å². The largest absolute Gasteiger partial charge is 0.317 e. The van der Waals surface area contributed by atoms with Gasteiger partial charge in [0.25, 0.3) is 0 Å². The van der Waals surface area contributed by atoms with Crippen LogP contribution < -0.4 is 10.6 Å². The van der Waals surface area contributed by atoms with Gasteiger partial charge in [0.1, 0.15) is 11.6 Å². The van der Waals surface area contributed by atoms with Crippen LogP contribution in [0.15, 0.2) is 48.8 Å². The minimum absolute atomic E-state index is 0.0847. The minimum atomic E-state index is -3.27. The molecule has 1 saturated heterocycles. The molecule has 1 unspecified atom stereocenters. The molecule has 4 rings (SSSR count). The standard InChI is InChI=1S/C21H23FN4O2S2/c1-30(27,28)20(15-6-9-23-10-7-15)16-8-11-24-19(12-16)26-21-25-13-18(29-21)14-2-4-17(22)5-3-14/h2-5,8,11-13,15,20,23H,6-7,9-10H2,1H3,(H,24,25,26). The lowest BCUT2D eigenvalue weighted by atomic mass is 9.90. The zero-order valence-corrected chi connectivity index (χ0v) is 18.1. The lowest BCUT2D eigenvalue weighted by Crippen LogP contribution is -2.33. The van der Waals surface area contributed by atoms with Gasteiger partial charge in [-0.25, -0.2) is 22.8 Å². The Morgan fingerprint density at radius 2 is 1.90 bits per heavy atom. The Balaban J connectivity index is 1.56. The van der Waals surface area contributed by atoms with Crippen LogP contribution in [0.25, 0.3) is 10.4 Å². The number of nitrogens with zero attached hydrogens (tertiary/aromatic N) is 2. The van der Waals surface area contributed by atoms with Crippen molar-refractivity contribution >= 4 is 32.1 Å². The van der Waals surface area contributed by atoms with Crippen molar-refractivity contribution in [1.82, 2.24) is 15.3 Å². The van der Waals surface area contributed by atoms with Gasteiger partial charge < -0.3 is 10.6 Å². The third-order valence-electron chi connectivity index (χ3n) is 5.26. The van der Waals surface area contributed by atoms with Crippen molar-refractivity contribution in [3.05, 3.63) is 60.2 Å². The third kappa shape index (κ3) is 4.85. The van der Waals surface area contributed by atoms with Crippen molar-refractivity contribution in [2.75, 3.05) is 24.7 Å². The highest BCUT2D eigenvalue weighted by molar-refractivity contribution is 7.90. The summed E-state index contributed by atoms with van der Waals surface area (Å²) in [4.78, 5) is 9.61. The smallest absolute Gasteiger partial charge is 0.188 e. The highest BCUT2D eigenvalue weighted by Crippen LogP contribution is 2.36. The molecule has 3 heterocycles. The highest BCUT2D eigenvalue weighted by Gasteiger charge is 2.33. The monoisotopic (exact) mass is 446 g/mol. The lowest BCUT2D eigenvalue weighted by Gasteiger charge is -2.30. The first-order chi connectivity index (χ1) is 14.4. The van der Waals surface area contributed by atoms with Gasteiger partial charge >= 0.3 is 0 Å². The van der Waals surface area contributed by atoms with Crippen LogP contribution in [0.2, 0.25) is 0 Å². The molecule has 158 valence electrons. The van der Waals surface area contributed by atoms with Gasteiger partial charge in [0.15, 0.2) is 15.0 Å². The van der Waals surface area contributed by atoms with Gasteiger partial charge in [-0.3, -0.25) is 0 Å². The highest BCUT2D eigenvalue weighted by atomic mass is 32.2.